The van der Waals surface area contributed by atoms with Crippen LogP contribution in [-0.4, -0.2) is 49.0 Å². The van der Waals surface area contributed by atoms with Gasteiger partial charge < -0.3 is 9.80 Å². The first kappa shape index (κ1) is 14.8. The zero-order valence-electron chi connectivity index (χ0n) is 12.6. The largest absolute Gasteiger partial charge is 0.343 e. The maximum absolute atomic E-state index is 5.64. The maximum atomic E-state index is 5.64. The lowest BCUT2D eigenvalue weighted by Gasteiger charge is -2.49. The monoisotopic (exact) mass is 275 g/mol. The van der Waals surface area contributed by atoms with Gasteiger partial charge in [-0.15, -0.1) is 0 Å². The fourth-order valence-corrected chi connectivity index (χ4v) is 2.70. The molecule has 110 valence electrons. The number of nitrogens with one attached hydrogen (secondary N) is 1. The van der Waals surface area contributed by atoms with Crippen molar-refractivity contribution in [3.05, 3.63) is 30.3 Å². The first-order chi connectivity index (χ1) is 9.57. The second-order valence-corrected chi connectivity index (χ2v) is 5.74. The molecule has 0 amide bonds. The van der Waals surface area contributed by atoms with Crippen LogP contribution in [0, 0.1) is 0 Å². The van der Waals surface area contributed by atoms with Crippen LogP contribution in [0.3, 0.4) is 0 Å². The van der Waals surface area contributed by atoms with E-state index in [4.69, 9.17) is 5.84 Å². The molecule has 3 N–H and O–H groups in total. The van der Waals surface area contributed by atoms with Gasteiger partial charge >= 0.3 is 0 Å². The average Bonchev–Trinajstić information content (AvgIpc) is 2.40. The Morgan fingerprint density at radius 3 is 2.35 bits per heavy atom. The standard InChI is InChI=1S/C15H25N5/c1-19(2)15(10-7-11-15)12-20(3)14(18-16)17-13-8-5-4-6-9-13/h4-6,8-9H,7,10-12,16H2,1-3H3,(H,17,18). The Morgan fingerprint density at radius 2 is 1.90 bits per heavy atom. The fourth-order valence-electron chi connectivity index (χ4n) is 2.70. The highest BCUT2D eigenvalue weighted by molar-refractivity contribution is 5.82. The molecule has 0 radical (unpaired) electrons. The minimum atomic E-state index is 0.253. The zero-order chi connectivity index (χ0) is 14.6. The van der Waals surface area contributed by atoms with Crippen molar-refractivity contribution in [1.29, 1.82) is 0 Å². The van der Waals surface area contributed by atoms with Crippen LogP contribution in [0.5, 0.6) is 0 Å². The van der Waals surface area contributed by atoms with Crippen molar-refractivity contribution >= 4 is 11.6 Å². The van der Waals surface area contributed by atoms with E-state index in [-0.39, 0.29) is 5.54 Å². The third kappa shape index (κ3) is 3.11. The molecule has 0 aromatic heterocycles. The normalized spacial score (nSPS) is 17.8. The van der Waals surface area contributed by atoms with Crippen molar-refractivity contribution < 1.29 is 0 Å². The number of para-hydroxylation sites is 1. The Labute approximate surface area is 121 Å². The van der Waals surface area contributed by atoms with Crippen molar-refractivity contribution in [2.45, 2.75) is 24.8 Å². The molecular weight excluding hydrogens is 250 g/mol. The number of guanidine groups is 1. The van der Waals surface area contributed by atoms with E-state index < -0.39 is 0 Å². The maximum Gasteiger partial charge on any atom is 0.213 e. The predicted molar refractivity (Wildman–Crippen MR) is 83.8 cm³/mol. The molecule has 2 rings (SSSR count). The van der Waals surface area contributed by atoms with Crippen molar-refractivity contribution in [1.82, 2.24) is 15.2 Å². The van der Waals surface area contributed by atoms with E-state index in [2.05, 4.69) is 34.3 Å². The van der Waals surface area contributed by atoms with E-state index >= 15 is 0 Å². The molecule has 1 saturated carbocycles. The quantitative estimate of drug-likeness (QED) is 0.379. The predicted octanol–water partition coefficient (Wildman–Crippen LogP) is 1.55. The van der Waals surface area contributed by atoms with Gasteiger partial charge in [0.25, 0.3) is 0 Å². The van der Waals surface area contributed by atoms with E-state index in [1.54, 1.807) is 0 Å². The number of hydrazine groups is 1. The number of rotatable bonds is 4. The van der Waals surface area contributed by atoms with Crippen LogP contribution in [-0.2, 0) is 0 Å². The number of benzene rings is 1. The summed E-state index contributed by atoms with van der Waals surface area (Å²) in [5.41, 5.74) is 3.87. The Hall–Kier alpha value is -1.59. The molecule has 5 heteroatoms. The molecule has 1 aromatic rings. The summed E-state index contributed by atoms with van der Waals surface area (Å²) in [5, 5.41) is 0. The van der Waals surface area contributed by atoms with Gasteiger partial charge in [0, 0.05) is 19.1 Å². The highest BCUT2D eigenvalue weighted by atomic mass is 15.4. The summed E-state index contributed by atoms with van der Waals surface area (Å²) in [6, 6.07) is 9.86. The fraction of sp³-hybridized carbons (Fsp3) is 0.533. The summed E-state index contributed by atoms with van der Waals surface area (Å²) < 4.78 is 0. The highest BCUT2D eigenvalue weighted by Crippen LogP contribution is 2.36. The van der Waals surface area contributed by atoms with Gasteiger partial charge in [-0.2, -0.15) is 0 Å². The van der Waals surface area contributed by atoms with E-state index in [9.17, 15) is 0 Å². The SMILES string of the molecule is CN(CC1(N(C)C)CCC1)C(=Nc1ccccc1)NN. The Balaban J connectivity index is 2.10. The van der Waals surface area contributed by atoms with Crippen LogP contribution in [0.4, 0.5) is 5.69 Å². The second-order valence-electron chi connectivity index (χ2n) is 5.74. The van der Waals surface area contributed by atoms with E-state index in [1.165, 1.54) is 19.3 Å². The average molecular weight is 275 g/mol. The molecular formula is C15H25N5. The van der Waals surface area contributed by atoms with Crippen LogP contribution in [0.15, 0.2) is 35.3 Å². The van der Waals surface area contributed by atoms with Gasteiger partial charge in [-0.3, -0.25) is 5.43 Å². The van der Waals surface area contributed by atoms with Gasteiger partial charge in [0.1, 0.15) is 0 Å². The molecule has 0 saturated heterocycles. The summed E-state index contributed by atoms with van der Waals surface area (Å²) in [6.07, 6.45) is 3.76. The van der Waals surface area contributed by atoms with Crippen LogP contribution in [0.1, 0.15) is 19.3 Å². The lowest BCUT2D eigenvalue weighted by atomic mass is 9.75. The topological polar surface area (TPSA) is 56.9 Å². The van der Waals surface area contributed by atoms with Crippen LogP contribution in [0.25, 0.3) is 0 Å². The van der Waals surface area contributed by atoms with Gasteiger partial charge in [-0.25, -0.2) is 10.8 Å². The minimum Gasteiger partial charge on any atom is -0.343 e. The van der Waals surface area contributed by atoms with E-state index in [1.807, 2.05) is 37.4 Å². The molecule has 0 atom stereocenters. The smallest absolute Gasteiger partial charge is 0.213 e. The van der Waals surface area contributed by atoms with Gasteiger partial charge in [0.15, 0.2) is 0 Å². The third-order valence-corrected chi connectivity index (χ3v) is 4.25. The summed E-state index contributed by atoms with van der Waals surface area (Å²) in [5.74, 6) is 6.34. The molecule has 0 aliphatic heterocycles. The van der Waals surface area contributed by atoms with Gasteiger partial charge in [0.2, 0.25) is 5.96 Å². The number of aliphatic imine (C=N–C) groups is 1. The Bertz CT molecular complexity index is 451. The molecule has 0 heterocycles. The molecule has 1 aromatic carbocycles. The third-order valence-electron chi connectivity index (χ3n) is 4.25. The molecule has 0 bridgehead atoms. The first-order valence-corrected chi connectivity index (χ1v) is 7.06. The number of hydrogen-bond donors (Lipinski definition) is 2. The summed E-state index contributed by atoms with van der Waals surface area (Å²) in [4.78, 5) is 8.99. The van der Waals surface area contributed by atoms with Gasteiger partial charge in [-0.1, -0.05) is 18.2 Å². The molecule has 1 aliphatic carbocycles. The zero-order valence-corrected chi connectivity index (χ0v) is 12.6. The molecule has 5 nitrogen and oxygen atoms in total. The molecule has 1 aliphatic rings. The van der Waals surface area contributed by atoms with E-state index in [0.717, 1.165) is 12.2 Å². The van der Waals surface area contributed by atoms with Crippen molar-refractivity contribution in [3.63, 3.8) is 0 Å². The minimum absolute atomic E-state index is 0.253. The van der Waals surface area contributed by atoms with Crippen molar-refractivity contribution in [2.24, 2.45) is 10.8 Å². The molecule has 0 unspecified atom stereocenters. The van der Waals surface area contributed by atoms with E-state index in [0.29, 0.717) is 5.96 Å². The number of likely N-dealkylation sites (N-methyl/N-ethyl adjacent to an activating group) is 2. The lowest BCUT2D eigenvalue weighted by Crippen LogP contribution is -2.59. The first-order valence-electron chi connectivity index (χ1n) is 7.06. The van der Waals surface area contributed by atoms with Crippen molar-refractivity contribution in [3.8, 4) is 0 Å². The summed E-state index contributed by atoms with van der Waals surface area (Å²) in [7, 11) is 6.33. The van der Waals surface area contributed by atoms with Crippen LogP contribution in [0.2, 0.25) is 0 Å². The van der Waals surface area contributed by atoms with Gasteiger partial charge in [-0.05, 0) is 45.5 Å². The Morgan fingerprint density at radius 1 is 1.25 bits per heavy atom. The number of hydrogen-bond acceptors (Lipinski definition) is 3. The molecule has 20 heavy (non-hydrogen) atoms. The van der Waals surface area contributed by atoms with Crippen molar-refractivity contribution in [2.75, 3.05) is 27.7 Å². The number of nitrogens with zero attached hydrogens (tertiary/aromatic N) is 3. The van der Waals surface area contributed by atoms with Crippen LogP contribution >= 0.6 is 0 Å². The molecule has 1 fully saturated rings. The summed E-state index contributed by atoms with van der Waals surface area (Å²) in [6.45, 7) is 0.926. The second kappa shape index (κ2) is 6.24. The lowest BCUT2D eigenvalue weighted by molar-refractivity contribution is 0.0424. The molecule has 0 spiro atoms. The number of nitrogens with two attached hydrogens (primary N) is 1. The summed E-state index contributed by atoms with van der Waals surface area (Å²) >= 11 is 0. The Kier molecular flexibility index (Phi) is 4.62. The van der Waals surface area contributed by atoms with Gasteiger partial charge in [0.05, 0.1) is 5.69 Å². The van der Waals surface area contributed by atoms with Crippen LogP contribution < -0.4 is 11.3 Å². The highest BCUT2D eigenvalue weighted by Gasteiger charge is 2.40.